The number of nitrogens with zero attached hydrogens (tertiary/aromatic N) is 3. The summed E-state index contributed by atoms with van der Waals surface area (Å²) in [6.45, 7) is 3.03. The fraction of sp³-hybridized carbons (Fsp3) is 0.833. The summed E-state index contributed by atoms with van der Waals surface area (Å²) in [5, 5.41) is 3.54. The number of rotatable bonds is 5. The molecule has 1 aromatic heterocycles. The molecule has 0 bridgehead atoms. The maximum atomic E-state index is 12.2. The molecular formula is C12H19N3O4S. The van der Waals surface area contributed by atoms with Crippen molar-refractivity contribution in [1.29, 1.82) is 0 Å². The van der Waals surface area contributed by atoms with Crippen LogP contribution in [-0.2, 0) is 21.4 Å². The van der Waals surface area contributed by atoms with Gasteiger partial charge in [0.05, 0.1) is 11.4 Å². The van der Waals surface area contributed by atoms with Crippen molar-refractivity contribution in [2.75, 3.05) is 13.1 Å². The summed E-state index contributed by atoms with van der Waals surface area (Å²) < 4.78 is 36.7. The number of hydrogen-bond acceptors (Lipinski definition) is 6. The second kappa shape index (κ2) is 5.42. The molecule has 0 aromatic carbocycles. The lowest BCUT2D eigenvalue weighted by Gasteiger charge is -2.31. The van der Waals surface area contributed by atoms with Gasteiger partial charge in [0.2, 0.25) is 10.0 Å². The largest absolute Gasteiger partial charge is 0.367 e. The summed E-state index contributed by atoms with van der Waals surface area (Å²) in [7, 11) is -3.10. The average Bonchev–Trinajstić information content (AvgIpc) is 3.21. The standard InChI is InChI=1S/C12H19N3O4S/c1-9-13-12(19-14-9)8-18-10-3-2-6-15(7-10)20(16,17)11-4-5-11/h10-11H,2-8H2,1H3/t10-/m0/s1. The van der Waals surface area contributed by atoms with E-state index in [1.165, 1.54) is 0 Å². The van der Waals surface area contributed by atoms with Crippen LogP contribution in [0.5, 0.6) is 0 Å². The van der Waals surface area contributed by atoms with Crippen LogP contribution in [-0.4, -0.2) is 47.3 Å². The maximum Gasteiger partial charge on any atom is 0.252 e. The highest BCUT2D eigenvalue weighted by Gasteiger charge is 2.41. The van der Waals surface area contributed by atoms with Gasteiger partial charge in [-0.3, -0.25) is 0 Å². The van der Waals surface area contributed by atoms with E-state index in [-0.39, 0.29) is 18.0 Å². The minimum Gasteiger partial charge on any atom is -0.367 e. The molecule has 1 aromatic rings. The van der Waals surface area contributed by atoms with Crippen LogP contribution in [0.2, 0.25) is 0 Å². The number of ether oxygens (including phenoxy) is 1. The Morgan fingerprint density at radius 3 is 2.85 bits per heavy atom. The molecule has 0 unspecified atom stereocenters. The quantitative estimate of drug-likeness (QED) is 0.801. The first-order chi connectivity index (χ1) is 9.55. The first kappa shape index (κ1) is 14.0. The van der Waals surface area contributed by atoms with Crippen LogP contribution in [0.3, 0.4) is 0 Å². The Labute approximate surface area is 118 Å². The van der Waals surface area contributed by atoms with Crippen LogP contribution in [0.15, 0.2) is 4.52 Å². The molecule has 2 heterocycles. The molecule has 0 spiro atoms. The third-order valence-electron chi connectivity index (χ3n) is 3.66. The third-order valence-corrected chi connectivity index (χ3v) is 6.02. The van der Waals surface area contributed by atoms with Gasteiger partial charge in [-0.15, -0.1) is 0 Å². The molecule has 2 aliphatic rings. The highest BCUT2D eigenvalue weighted by atomic mass is 32.2. The first-order valence-corrected chi connectivity index (χ1v) is 8.46. The first-order valence-electron chi connectivity index (χ1n) is 6.95. The summed E-state index contributed by atoms with van der Waals surface area (Å²) in [6, 6.07) is 0. The summed E-state index contributed by atoms with van der Waals surface area (Å²) in [5.74, 6) is 1.01. The summed E-state index contributed by atoms with van der Waals surface area (Å²) in [5.41, 5.74) is 0. The predicted octanol–water partition coefficient (Wildman–Crippen LogP) is 0.851. The van der Waals surface area contributed by atoms with Gasteiger partial charge < -0.3 is 9.26 Å². The Bertz CT molecular complexity index is 567. The predicted molar refractivity (Wildman–Crippen MR) is 70.4 cm³/mol. The summed E-state index contributed by atoms with van der Waals surface area (Å²) in [6.07, 6.45) is 3.20. The van der Waals surface area contributed by atoms with Gasteiger partial charge in [0, 0.05) is 13.1 Å². The second-order valence-electron chi connectivity index (χ2n) is 5.41. The number of aryl methyl sites for hydroxylation is 1. The molecule has 112 valence electrons. The molecule has 3 rings (SSSR count). The highest BCUT2D eigenvalue weighted by Crippen LogP contribution is 2.32. The zero-order chi connectivity index (χ0) is 14.2. The van der Waals surface area contributed by atoms with Gasteiger partial charge in [0.25, 0.3) is 5.89 Å². The minimum atomic E-state index is -3.10. The van der Waals surface area contributed by atoms with Crippen molar-refractivity contribution in [3.63, 3.8) is 0 Å². The molecule has 1 aliphatic heterocycles. The minimum absolute atomic E-state index is 0.0931. The van der Waals surface area contributed by atoms with Gasteiger partial charge in [-0.1, -0.05) is 5.16 Å². The number of hydrogen-bond donors (Lipinski definition) is 0. The summed E-state index contributed by atoms with van der Waals surface area (Å²) >= 11 is 0. The van der Waals surface area contributed by atoms with Crippen LogP contribution < -0.4 is 0 Å². The molecule has 20 heavy (non-hydrogen) atoms. The zero-order valence-corrected chi connectivity index (χ0v) is 12.3. The van der Waals surface area contributed by atoms with Crippen molar-refractivity contribution in [2.24, 2.45) is 0 Å². The van der Waals surface area contributed by atoms with Crippen molar-refractivity contribution in [3.05, 3.63) is 11.7 Å². The van der Waals surface area contributed by atoms with E-state index < -0.39 is 10.0 Å². The lowest BCUT2D eigenvalue weighted by molar-refractivity contribution is -0.00298. The van der Waals surface area contributed by atoms with E-state index in [1.54, 1.807) is 11.2 Å². The Morgan fingerprint density at radius 1 is 1.40 bits per heavy atom. The lowest BCUT2D eigenvalue weighted by atomic mass is 10.1. The number of piperidine rings is 1. The molecule has 1 aliphatic carbocycles. The Hall–Kier alpha value is -0.990. The van der Waals surface area contributed by atoms with E-state index in [0.717, 1.165) is 25.7 Å². The van der Waals surface area contributed by atoms with E-state index in [0.29, 0.717) is 24.8 Å². The molecule has 7 nitrogen and oxygen atoms in total. The Kier molecular flexibility index (Phi) is 3.78. The van der Waals surface area contributed by atoms with Crippen molar-refractivity contribution >= 4 is 10.0 Å². The van der Waals surface area contributed by atoms with Crippen molar-refractivity contribution in [2.45, 2.75) is 50.6 Å². The molecule has 8 heteroatoms. The van der Waals surface area contributed by atoms with Gasteiger partial charge in [-0.2, -0.15) is 9.29 Å². The van der Waals surface area contributed by atoms with Crippen LogP contribution in [0, 0.1) is 6.92 Å². The molecular weight excluding hydrogens is 282 g/mol. The fourth-order valence-electron chi connectivity index (χ4n) is 2.44. The Morgan fingerprint density at radius 2 is 2.20 bits per heavy atom. The van der Waals surface area contributed by atoms with Crippen LogP contribution in [0.25, 0.3) is 0 Å². The molecule has 1 saturated carbocycles. The molecule has 0 amide bonds. The molecule has 2 fully saturated rings. The number of sulfonamides is 1. The average molecular weight is 301 g/mol. The Balaban J connectivity index is 1.55. The number of aromatic nitrogens is 2. The van der Waals surface area contributed by atoms with E-state index in [2.05, 4.69) is 10.1 Å². The zero-order valence-electron chi connectivity index (χ0n) is 11.5. The smallest absolute Gasteiger partial charge is 0.252 e. The van der Waals surface area contributed by atoms with Crippen molar-refractivity contribution in [3.8, 4) is 0 Å². The molecule has 1 atom stereocenters. The second-order valence-corrected chi connectivity index (χ2v) is 7.63. The molecule has 1 saturated heterocycles. The van der Waals surface area contributed by atoms with Gasteiger partial charge in [0.15, 0.2) is 5.82 Å². The van der Waals surface area contributed by atoms with Crippen molar-refractivity contribution in [1.82, 2.24) is 14.4 Å². The van der Waals surface area contributed by atoms with Crippen LogP contribution in [0.4, 0.5) is 0 Å². The van der Waals surface area contributed by atoms with E-state index >= 15 is 0 Å². The SMILES string of the molecule is Cc1noc(CO[C@H]2CCCN(S(=O)(=O)C3CC3)C2)n1. The maximum absolute atomic E-state index is 12.2. The van der Waals surface area contributed by atoms with E-state index in [1.807, 2.05) is 0 Å². The third kappa shape index (κ3) is 3.02. The fourth-order valence-corrected chi connectivity index (χ4v) is 4.35. The molecule has 0 radical (unpaired) electrons. The van der Waals surface area contributed by atoms with Crippen LogP contribution >= 0.6 is 0 Å². The molecule has 0 N–H and O–H groups in total. The topological polar surface area (TPSA) is 85.5 Å². The van der Waals surface area contributed by atoms with Gasteiger partial charge in [0.1, 0.15) is 6.61 Å². The van der Waals surface area contributed by atoms with Gasteiger partial charge in [-0.05, 0) is 32.6 Å². The van der Waals surface area contributed by atoms with E-state index in [4.69, 9.17) is 9.26 Å². The normalized spacial score (nSPS) is 24.9. The summed E-state index contributed by atoms with van der Waals surface area (Å²) in [4.78, 5) is 4.07. The lowest BCUT2D eigenvalue weighted by Crippen LogP contribution is -2.44. The van der Waals surface area contributed by atoms with Crippen LogP contribution in [0.1, 0.15) is 37.4 Å². The van der Waals surface area contributed by atoms with Crippen molar-refractivity contribution < 1.29 is 17.7 Å². The van der Waals surface area contributed by atoms with Gasteiger partial charge in [-0.25, -0.2) is 8.42 Å². The van der Waals surface area contributed by atoms with Gasteiger partial charge >= 0.3 is 0 Å². The van der Waals surface area contributed by atoms with E-state index in [9.17, 15) is 8.42 Å². The monoisotopic (exact) mass is 301 g/mol. The highest BCUT2D eigenvalue weighted by molar-refractivity contribution is 7.90.